The third-order valence-electron chi connectivity index (χ3n) is 3.92. The van der Waals surface area contributed by atoms with Crippen molar-refractivity contribution in [1.29, 1.82) is 0 Å². The molecule has 4 nitrogen and oxygen atoms in total. The second-order valence-electron chi connectivity index (χ2n) is 5.37. The summed E-state index contributed by atoms with van der Waals surface area (Å²) in [5.74, 6) is -1.41. The molecule has 2 N–H and O–H groups in total. The molecule has 0 heterocycles. The summed E-state index contributed by atoms with van der Waals surface area (Å²) in [4.78, 5) is 23.2. The number of hydrogen-bond acceptors (Lipinski definition) is 2. The first-order valence-electron chi connectivity index (χ1n) is 6.76. The number of carboxylic acid groups (broad SMARTS) is 1. The Morgan fingerprint density at radius 3 is 2.35 bits per heavy atom. The number of carboxylic acids is 1. The van der Waals surface area contributed by atoms with Crippen molar-refractivity contribution in [2.75, 3.05) is 6.54 Å². The molecule has 1 amide bonds. The molecule has 1 aliphatic carbocycles. The fraction of sp³-hybridized carbons (Fsp3) is 0.467. The molecule has 0 bridgehead atoms. The van der Waals surface area contributed by atoms with Gasteiger partial charge in [-0.2, -0.15) is 0 Å². The van der Waals surface area contributed by atoms with Crippen LogP contribution in [-0.2, 0) is 16.0 Å². The number of hydrogen-bond donors (Lipinski definition) is 2. The molecule has 0 saturated heterocycles. The zero-order chi connectivity index (χ0) is 14.6. The predicted octanol–water partition coefficient (Wildman–Crippen LogP) is 2.13. The van der Waals surface area contributed by atoms with Crippen molar-refractivity contribution in [2.24, 2.45) is 5.41 Å². The highest BCUT2D eigenvalue weighted by Crippen LogP contribution is 2.37. The quantitative estimate of drug-likeness (QED) is 0.867. The van der Waals surface area contributed by atoms with Crippen LogP contribution in [0.4, 0.5) is 4.39 Å². The van der Waals surface area contributed by atoms with Gasteiger partial charge in [0.15, 0.2) is 0 Å². The molecule has 0 spiro atoms. The minimum atomic E-state index is -0.836. The van der Waals surface area contributed by atoms with Crippen molar-refractivity contribution < 1.29 is 19.1 Å². The lowest BCUT2D eigenvalue weighted by atomic mass is 9.86. The van der Waals surface area contributed by atoms with Crippen LogP contribution in [0.1, 0.15) is 31.2 Å². The third kappa shape index (κ3) is 3.35. The maximum absolute atomic E-state index is 12.8. The second-order valence-corrected chi connectivity index (χ2v) is 5.37. The van der Waals surface area contributed by atoms with Crippen LogP contribution in [0.5, 0.6) is 0 Å². The fourth-order valence-corrected chi connectivity index (χ4v) is 2.64. The zero-order valence-corrected chi connectivity index (χ0v) is 11.2. The van der Waals surface area contributed by atoms with Crippen LogP contribution in [0.2, 0.25) is 0 Å². The standard InChI is InChI=1S/C15H18FNO3/c16-12-5-3-11(4-6-12)9-13(18)17-10-15(14(19)20)7-1-2-8-15/h3-6H,1-2,7-10H2,(H,17,18)(H,19,20). The highest BCUT2D eigenvalue weighted by Gasteiger charge is 2.41. The molecule has 108 valence electrons. The number of aliphatic carboxylic acids is 1. The predicted molar refractivity (Wildman–Crippen MR) is 71.7 cm³/mol. The Morgan fingerprint density at radius 1 is 1.20 bits per heavy atom. The molecule has 0 aliphatic heterocycles. The lowest BCUT2D eigenvalue weighted by Gasteiger charge is -2.23. The van der Waals surface area contributed by atoms with E-state index in [0.29, 0.717) is 18.4 Å². The first-order valence-corrected chi connectivity index (χ1v) is 6.76. The SMILES string of the molecule is O=C(Cc1ccc(F)cc1)NCC1(C(=O)O)CCCC1. The van der Waals surface area contributed by atoms with Crippen LogP contribution in [0.25, 0.3) is 0 Å². The molecule has 20 heavy (non-hydrogen) atoms. The third-order valence-corrected chi connectivity index (χ3v) is 3.92. The number of nitrogens with one attached hydrogen (secondary N) is 1. The molecular formula is C15H18FNO3. The average Bonchev–Trinajstić information content (AvgIpc) is 2.89. The maximum Gasteiger partial charge on any atom is 0.311 e. The summed E-state index contributed by atoms with van der Waals surface area (Å²) in [6.45, 7) is 0.169. The van der Waals surface area contributed by atoms with E-state index >= 15 is 0 Å². The number of amides is 1. The smallest absolute Gasteiger partial charge is 0.311 e. The van der Waals surface area contributed by atoms with E-state index in [2.05, 4.69) is 5.32 Å². The van der Waals surface area contributed by atoms with Crippen molar-refractivity contribution >= 4 is 11.9 Å². The summed E-state index contributed by atoms with van der Waals surface area (Å²) in [7, 11) is 0. The molecule has 1 aromatic carbocycles. The van der Waals surface area contributed by atoms with Crippen molar-refractivity contribution in [1.82, 2.24) is 5.32 Å². The number of halogens is 1. The number of rotatable bonds is 5. The Morgan fingerprint density at radius 2 is 1.80 bits per heavy atom. The normalized spacial score (nSPS) is 16.9. The van der Waals surface area contributed by atoms with Gasteiger partial charge < -0.3 is 10.4 Å². The van der Waals surface area contributed by atoms with Crippen molar-refractivity contribution in [2.45, 2.75) is 32.1 Å². The van der Waals surface area contributed by atoms with Crippen LogP contribution in [0, 0.1) is 11.2 Å². The monoisotopic (exact) mass is 279 g/mol. The Balaban J connectivity index is 1.88. The molecule has 2 rings (SSSR count). The minimum Gasteiger partial charge on any atom is -0.481 e. The van der Waals surface area contributed by atoms with Crippen LogP contribution in [0.15, 0.2) is 24.3 Å². The Kier molecular flexibility index (Phi) is 4.37. The molecule has 0 atom stereocenters. The van der Waals surface area contributed by atoms with E-state index in [4.69, 9.17) is 0 Å². The maximum atomic E-state index is 12.8. The lowest BCUT2D eigenvalue weighted by Crippen LogP contribution is -2.41. The van der Waals surface area contributed by atoms with Crippen LogP contribution >= 0.6 is 0 Å². The summed E-state index contributed by atoms with van der Waals surface area (Å²) >= 11 is 0. The number of carbonyl (C=O) groups excluding carboxylic acids is 1. The molecule has 1 aliphatic rings. The highest BCUT2D eigenvalue weighted by atomic mass is 19.1. The van der Waals surface area contributed by atoms with Gasteiger partial charge in [0, 0.05) is 6.54 Å². The average molecular weight is 279 g/mol. The van der Waals surface area contributed by atoms with Gasteiger partial charge in [-0.15, -0.1) is 0 Å². The van der Waals surface area contributed by atoms with Gasteiger partial charge in [-0.1, -0.05) is 25.0 Å². The van der Waals surface area contributed by atoms with E-state index in [0.717, 1.165) is 12.8 Å². The first kappa shape index (κ1) is 14.5. The molecule has 1 fully saturated rings. The summed E-state index contributed by atoms with van der Waals surface area (Å²) in [5.41, 5.74) is -0.0990. The number of carbonyl (C=O) groups is 2. The Bertz CT molecular complexity index is 492. The zero-order valence-electron chi connectivity index (χ0n) is 11.2. The van der Waals surface area contributed by atoms with Gasteiger partial charge in [0.25, 0.3) is 0 Å². The highest BCUT2D eigenvalue weighted by molar-refractivity contribution is 5.80. The van der Waals surface area contributed by atoms with Crippen molar-refractivity contribution in [3.05, 3.63) is 35.6 Å². The molecule has 1 saturated carbocycles. The molecular weight excluding hydrogens is 261 g/mol. The molecule has 1 aromatic rings. The van der Waals surface area contributed by atoms with E-state index < -0.39 is 11.4 Å². The molecule has 0 unspecified atom stereocenters. The van der Waals surface area contributed by atoms with Gasteiger partial charge in [0.1, 0.15) is 5.82 Å². The topological polar surface area (TPSA) is 66.4 Å². The van der Waals surface area contributed by atoms with E-state index in [9.17, 15) is 19.1 Å². The fourth-order valence-electron chi connectivity index (χ4n) is 2.64. The summed E-state index contributed by atoms with van der Waals surface area (Å²) in [6.07, 6.45) is 3.13. The van der Waals surface area contributed by atoms with Gasteiger partial charge in [0.2, 0.25) is 5.91 Å². The van der Waals surface area contributed by atoms with Crippen molar-refractivity contribution in [3.8, 4) is 0 Å². The van der Waals surface area contributed by atoms with E-state index in [1.54, 1.807) is 12.1 Å². The van der Waals surface area contributed by atoms with Gasteiger partial charge in [-0.25, -0.2) is 4.39 Å². The Hall–Kier alpha value is -1.91. The van der Waals surface area contributed by atoms with Crippen LogP contribution in [0.3, 0.4) is 0 Å². The van der Waals surface area contributed by atoms with Crippen molar-refractivity contribution in [3.63, 3.8) is 0 Å². The second kappa shape index (κ2) is 6.03. The van der Waals surface area contributed by atoms with Gasteiger partial charge in [0.05, 0.1) is 11.8 Å². The largest absolute Gasteiger partial charge is 0.481 e. The van der Waals surface area contributed by atoms with Gasteiger partial charge in [-0.05, 0) is 30.5 Å². The van der Waals surface area contributed by atoms with Gasteiger partial charge in [-0.3, -0.25) is 9.59 Å². The van der Waals surface area contributed by atoms with Crippen LogP contribution in [-0.4, -0.2) is 23.5 Å². The molecule has 0 aromatic heterocycles. The minimum absolute atomic E-state index is 0.135. The van der Waals surface area contributed by atoms with E-state index in [1.165, 1.54) is 12.1 Å². The summed E-state index contributed by atoms with van der Waals surface area (Å²) in [6, 6.07) is 5.71. The van der Waals surface area contributed by atoms with E-state index in [1.807, 2.05) is 0 Å². The van der Waals surface area contributed by atoms with Gasteiger partial charge >= 0.3 is 5.97 Å². The first-order chi connectivity index (χ1) is 9.52. The van der Waals surface area contributed by atoms with Crippen LogP contribution < -0.4 is 5.32 Å². The Labute approximate surface area is 117 Å². The summed E-state index contributed by atoms with van der Waals surface area (Å²) < 4.78 is 12.8. The number of benzene rings is 1. The van der Waals surface area contributed by atoms with E-state index in [-0.39, 0.29) is 24.7 Å². The molecule has 0 radical (unpaired) electrons. The molecule has 5 heteroatoms. The summed E-state index contributed by atoms with van der Waals surface area (Å²) in [5, 5.41) is 12.0. The lowest BCUT2D eigenvalue weighted by molar-refractivity contribution is -0.148.